The van der Waals surface area contributed by atoms with Crippen LogP contribution >= 0.6 is 0 Å². The standard InChI is InChI=1S/C17H21N7O2/c1-4-24-16(19-11-20-24)12(2)21-17(25)23(3)10-14-9-15(22-26-14)13-5-7-18-8-6-13/h5-9,11-12H,4,10H2,1-3H3,(H,21,25)/t12-/m1/s1. The first kappa shape index (κ1) is 17.6. The van der Waals surface area contributed by atoms with Gasteiger partial charge in [-0.2, -0.15) is 5.10 Å². The van der Waals surface area contributed by atoms with Gasteiger partial charge in [0.25, 0.3) is 0 Å². The van der Waals surface area contributed by atoms with Gasteiger partial charge in [0.2, 0.25) is 0 Å². The zero-order valence-electron chi connectivity index (χ0n) is 15.0. The van der Waals surface area contributed by atoms with Gasteiger partial charge in [-0.15, -0.1) is 0 Å². The van der Waals surface area contributed by atoms with E-state index in [1.165, 1.54) is 11.2 Å². The molecule has 9 nitrogen and oxygen atoms in total. The number of hydrogen-bond acceptors (Lipinski definition) is 6. The summed E-state index contributed by atoms with van der Waals surface area (Å²) in [4.78, 5) is 22.1. The fraction of sp³-hybridized carbons (Fsp3) is 0.353. The molecule has 0 aromatic carbocycles. The molecule has 0 unspecified atom stereocenters. The highest BCUT2D eigenvalue weighted by atomic mass is 16.5. The normalized spacial score (nSPS) is 12.0. The van der Waals surface area contributed by atoms with Crippen LogP contribution in [0.25, 0.3) is 11.3 Å². The van der Waals surface area contributed by atoms with Gasteiger partial charge in [0, 0.05) is 37.6 Å². The molecular weight excluding hydrogens is 334 g/mol. The maximum atomic E-state index is 12.4. The second-order valence-electron chi connectivity index (χ2n) is 5.88. The van der Waals surface area contributed by atoms with Crippen molar-refractivity contribution < 1.29 is 9.32 Å². The van der Waals surface area contributed by atoms with Crippen LogP contribution in [0.3, 0.4) is 0 Å². The quantitative estimate of drug-likeness (QED) is 0.727. The van der Waals surface area contributed by atoms with E-state index in [0.717, 1.165) is 5.56 Å². The molecule has 0 bridgehead atoms. The van der Waals surface area contributed by atoms with Crippen molar-refractivity contribution in [3.8, 4) is 11.3 Å². The first-order valence-electron chi connectivity index (χ1n) is 8.33. The molecule has 0 saturated heterocycles. The molecule has 0 saturated carbocycles. The lowest BCUT2D eigenvalue weighted by atomic mass is 10.2. The van der Waals surface area contributed by atoms with Crippen molar-refractivity contribution in [3.63, 3.8) is 0 Å². The van der Waals surface area contributed by atoms with Gasteiger partial charge in [0.1, 0.15) is 17.8 Å². The number of rotatable bonds is 6. The largest absolute Gasteiger partial charge is 0.359 e. The third-order valence-corrected chi connectivity index (χ3v) is 3.95. The summed E-state index contributed by atoms with van der Waals surface area (Å²) < 4.78 is 7.09. The van der Waals surface area contributed by atoms with Crippen LogP contribution < -0.4 is 5.32 Å². The number of pyridine rings is 1. The Kier molecular flexibility index (Phi) is 5.26. The number of aromatic nitrogens is 5. The van der Waals surface area contributed by atoms with Crippen LogP contribution in [0.15, 0.2) is 41.4 Å². The van der Waals surface area contributed by atoms with Gasteiger partial charge < -0.3 is 14.7 Å². The second-order valence-corrected chi connectivity index (χ2v) is 5.88. The Bertz CT molecular complexity index is 859. The molecule has 9 heteroatoms. The lowest BCUT2D eigenvalue weighted by Gasteiger charge is -2.20. The fourth-order valence-electron chi connectivity index (χ4n) is 2.56. The zero-order valence-corrected chi connectivity index (χ0v) is 15.0. The second kappa shape index (κ2) is 7.77. The van der Waals surface area contributed by atoms with E-state index in [9.17, 15) is 4.79 Å². The zero-order chi connectivity index (χ0) is 18.5. The average Bonchev–Trinajstić information content (AvgIpc) is 3.31. The van der Waals surface area contributed by atoms with Crippen molar-refractivity contribution in [1.82, 2.24) is 35.1 Å². The number of nitrogens with one attached hydrogen (secondary N) is 1. The molecular formula is C17H21N7O2. The van der Waals surface area contributed by atoms with Crippen LogP contribution in [-0.2, 0) is 13.1 Å². The molecule has 3 aromatic rings. The van der Waals surface area contributed by atoms with Crippen molar-refractivity contribution in [2.24, 2.45) is 0 Å². The number of nitrogens with zero attached hydrogens (tertiary/aromatic N) is 6. The average molecular weight is 355 g/mol. The molecule has 0 radical (unpaired) electrons. The summed E-state index contributed by atoms with van der Waals surface area (Å²) in [5.74, 6) is 1.31. The summed E-state index contributed by atoms with van der Waals surface area (Å²) in [5, 5.41) is 11.1. The number of hydrogen-bond donors (Lipinski definition) is 1. The van der Waals surface area contributed by atoms with Gasteiger partial charge in [-0.25, -0.2) is 14.5 Å². The van der Waals surface area contributed by atoms with Gasteiger partial charge in [-0.3, -0.25) is 4.98 Å². The third kappa shape index (κ3) is 3.88. The van der Waals surface area contributed by atoms with E-state index in [4.69, 9.17) is 4.52 Å². The molecule has 136 valence electrons. The molecule has 26 heavy (non-hydrogen) atoms. The number of urea groups is 1. The van der Waals surface area contributed by atoms with Crippen molar-refractivity contribution in [2.75, 3.05) is 7.05 Å². The summed E-state index contributed by atoms with van der Waals surface area (Å²) in [6, 6.07) is 5.03. The molecule has 1 N–H and O–H groups in total. The Balaban J connectivity index is 1.60. The molecule has 0 aliphatic rings. The highest BCUT2D eigenvalue weighted by molar-refractivity contribution is 5.74. The van der Waals surface area contributed by atoms with E-state index >= 15 is 0 Å². The topological polar surface area (TPSA) is 102 Å². The summed E-state index contributed by atoms with van der Waals surface area (Å²) in [5.41, 5.74) is 1.62. The van der Waals surface area contributed by atoms with E-state index in [1.54, 1.807) is 24.1 Å². The van der Waals surface area contributed by atoms with Gasteiger partial charge in [-0.05, 0) is 26.0 Å². The monoisotopic (exact) mass is 355 g/mol. The van der Waals surface area contributed by atoms with Crippen molar-refractivity contribution in [3.05, 3.63) is 48.5 Å². The van der Waals surface area contributed by atoms with Crippen LogP contribution in [0, 0.1) is 0 Å². The first-order valence-corrected chi connectivity index (χ1v) is 8.33. The maximum Gasteiger partial charge on any atom is 0.318 e. The molecule has 0 aliphatic carbocycles. The Morgan fingerprint density at radius 1 is 1.38 bits per heavy atom. The molecule has 2 amide bonds. The summed E-state index contributed by atoms with van der Waals surface area (Å²) >= 11 is 0. The minimum atomic E-state index is -0.255. The Labute approximate surface area is 151 Å². The lowest BCUT2D eigenvalue weighted by molar-refractivity contribution is 0.197. The minimum absolute atomic E-state index is 0.231. The molecule has 0 spiro atoms. The Hall–Kier alpha value is -3.23. The number of carbonyl (C=O) groups excluding carboxylic acids is 1. The smallest absolute Gasteiger partial charge is 0.318 e. The lowest BCUT2D eigenvalue weighted by Crippen LogP contribution is -2.38. The van der Waals surface area contributed by atoms with E-state index in [-0.39, 0.29) is 12.1 Å². The van der Waals surface area contributed by atoms with E-state index in [0.29, 0.717) is 30.4 Å². The fourth-order valence-corrected chi connectivity index (χ4v) is 2.56. The van der Waals surface area contributed by atoms with Crippen LogP contribution in [0.5, 0.6) is 0 Å². The Morgan fingerprint density at radius 2 is 2.15 bits per heavy atom. The molecule has 0 fully saturated rings. The van der Waals surface area contributed by atoms with Gasteiger partial charge in [0.15, 0.2) is 5.76 Å². The van der Waals surface area contributed by atoms with Crippen LogP contribution in [0.2, 0.25) is 0 Å². The Morgan fingerprint density at radius 3 is 2.88 bits per heavy atom. The number of carbonyl (C=O) groups is 1. The van der Waals surface area contributed by atoms with Gasteiger partial charge >= 0.3 is 6.03 Å². The van der Waals surface area contributed by atoms with E-state index in [1.807, 2.05) is 32.0 Å². The minimum Gasteiger partial charge on any atom is -0.359 e. The predicted octanol–water partition coefficient (Wildman–Crippen LogP) is 2.25. The van der Waals surface area contributed by atoms with Gasteiger partial charge in [0.05, 0.1) is 12.6 Å². The highest BCUT2D eigenvalue weighted by Gasteiger charge is 2.18. The van der Waals surface area contributed by atoms with Crippen molar-refractivity contribution >= 4 is 6.03 Å². The van der Waals surface area contributed by atoms with Crippen molar-refractivity contribution in [2.45, 2.75) is 33.0 Å². The SMILES string of the molecule is CCn1ncnc1[C@@H](C)NC(=O)N(C)Cc1cc(-c2ccncc2)no1. The van der Waals surface area contributed by atoms with Crippen molar-refractivity contribution in [1.29, 1.82) is 0 Å². The molecule has 0 aliphatic heterocycles. The number of aryl methyl sites for hydroxylation is 1. The third-order valence-electron chi connectivity index (χ3n) is 3.95. The van der Waals surface area contributed by atoms with Crippen LogP contribution in [0.1, 0.15) is 31.5 Å². The van der Waals surface area contributed by atoms with Gasteiger partial charge in [-0.1, -0.05) is 5.16 Å². The summed E-state index contributed by atoms with van der Waals surface area (Å²) in [7, 11) is 1.70. The number of amides is 2. The molecule has 3 heterocycles. The summed E-state index contributed by atoms with van der Waals surface area (Å²) in [6.07, 6.45) is 4.87. The predicted molar refractivity (Wildman–Crippen MR) is 93.8 cm³/mol. The van der Waals surface area contributed by atoms with Crippen LogP contribution in [0.4, 0.5) is 4.79 Å². The molecule has 1 atom stereocenters. The highest BCUT2D eigenvalue weighted by Crippen LogP contribution is 2.19. The summed E-state index contributed by atoms with van der Waals surface area (Å²) in [6.45, 7) is 4.85. The van der Waals surface area contributed by atoms with E-state index in [2.05, 4.69) is 25.5 Å². The maximum absolute atomic E-state index is 12.4. The molecule has 3 aromatic heterocycles. The first-order chi connectivity index (χ1) is 12.6. The molecule has 3 rings (SSSR count). The van der Waals surface area contributed by atoms with E-state index < -0.39 is 0 Å². The van der Waals surface area contributed by atoms with Crippen LogP contribution in [-0.4, -0.2) is 42.9 Å².